The molecule has 0 saturated carbocycles. The normalized spacial score (nSPS) is 11.7. The molecule has 4 nitrogen and oxygen atoms in total. The van der Waals surface area contributed by atoms with Crippen LogP contribution in [0.3, 0.4) is 0 Å². The van der Waals surface area contributed by atoms with Crippen LogP contribution in [0.4, 0.5) is 0 Å². The van der Waals surface area contributed by atoms with Gasteiger partial charge in [0, 0.05) is 12.8 Å². The highest BCUT2D eigenvalue weighted by atomic mass is 32.2. The largest absolute Gasteiger partial charge is 0.494 e. The number of carbonyl (C=O) groups excluding carboxylic acids is 1. The summed E-state index contributed by atoms with van der Waals surface area (Å²) in [6.07, 6.45) is 6.15. The Hall–Kier alpha value is -1.36. The van der Waals surface area contributed by atoms with E-state index in [0.717, 1.165) is 50.0 Å². The van der Waals surface area contributed by atoms with E-state index >= 15 is 0 Å². The maximum Gasteiger partial charge on any atom is 0.152 e. The number of unbranched alkanes of at least 4 members (excludes halogenated alkanes) is 3. The van der Waals surface area contributed by atoms with Gasteiger partial charge < -0.3 is 4.74 Å². The Kier molecular flexibility index (Phi) is 10.6. The first-order valence-electron chi connectivity index (χ1n) is 9.80. The highest BCUT2D eigenvalue weighted by Gasteiger charge is 2.15. The first kappa shape index (κ1) is 22.7. The molecule has 148 valence electrons. The smallest absolute Gasteiger partial charge is 0.152 e. The molecule has 0 N–H and O–H groups in total. The molecular weight excluding hydrogens is 348 g/mol. The van der Waals surface area contributed by atoms with Gasteiger partial charge in [0.1, 0.15) is 11.5 Å². The van der Waals surface area contributed by atoms with Crippen LogP contribution in [0.25, 0.3) is 0 Å². The summed E-state index contributed by atoms with van der Waals surface area (Å²) in [5.41, 5.74) is 1.12. The lowest BCUT2D eigenvalue weighted by atomic mass is 10.0. The summed E-state index contributed by atoms with van der Waals surface area (Å²) < 4.78 is 29.1. The van der Waals surface area contributed by atoms with Crippen molar-refractivity contribution < 1.29 is 17.9 Å². The number of ketones is 1. The summed E-state index contributed by atoms with van der Waals surface area (Å²) in [5.74, 6) is 1.34. The van der Waals surface area contributed by atoms with Gasteiger partial charge in [-0.1, -0.05) is 31.9 Å². The molecule has 0 bridgehead atoms. The summed E-state index contributed by atoms with van der Waals surface area (Å²) in [6, 6.07) is 7.96. The van der Waals surface area contributed by atoms with E-state index < -0.39 is 9.84 Å². The molecule has 0 aromatic heterocycles. The zero-order valence-electron chi connectivity index (χ0n) is 16.5. The minimum absolute atomic E-state index is 0.226. The fourth-order valence-electron chi connectivity index (χ4n) is 2.57. The summed E-state index contributed by atoms with van der Waals surface area (Å²) in [4.78, 5) is 12.0. The average Bonchev–Trinajstić information content (AvgIpc) is 2.60. The molecule has 1 rings (SSSR count). The predicted molar refractivity (Wildman–Crippen MR) is 108 cm³/mol. The maximum atomic E-state index is 12.0. The number of aryl methyl sites for hydroxylation is 1. The number of ether oxygens (including phenoxy) is 1. The van der Waals surface area contributed by atoms with Crippen LogP contribution < -0.4 is 4.74 Å². The van der Waals surface area contributed by atoms with Crippen LogP contribution in [0.15, 0.2) is 24.3 Å². The Morgan fingerprint density at radius 3 is 2.54 bits per heavy atom. The molecular formula is C21H34O4S. The van der Waals surface area contributed by atoms with Crippen molar-refractivity contribution in [1.29, 1.82) is 0 Å². The van der Waals surface area contributed by atoms with E-state index in [2.05, 4.69) is 6.92 Å². The first-order valence-corrected chi connectivity index (χ1v) is 11.5. The van der Waals surface area contributed by atoms with Crippen molar-refractivity contribution in [3.8, 4) is 5.75 Å². The second-order valence-electron chi connectivity index (χ2n) is 7.11. The quantitative estimate of drug-likeness (QED) is 0.436. The van der Waals surface area contributed by atoms with Crippen molar-refractivity contribution in [3.63, 3.8) is 0 Å². The molecule has 26 heavy (non-hydrogen) atoms. The third kappa shape index (κ3) is 9.37. The topological polar surface area (TPSA) is 60.4 Å². The molecule has 0 unspecified atom stereocenters. The van der Waals surface area contributed by atoms with Crippen LogP contribution in [0.1, 0.15) is 71.3 Å². The van der Waals surface area contributed by atoms with Gasteiger partial charge >= 0.3 is 0 Å². The van der Waals surface area contributed by atoms with E-state index in [-0.39, 0.29) is 16.8 Å². The molecule has 1 aromatic carbocycles. The number of carbonyl (C=O) groups is 1. The lowest BCUT2D eigenvalue weighted by molar-refractivity contribution is -0.119. The second-order valence-corrected chi connectivity index (χ2v) is 9.79. The summed E-state index contributed by atoms with van der Waals surface area (Å²) in [5, 5.41) is -0.314. The van der Waals surface area contributed by atoms with Gasteiger partial charge in [0.2, 0.25) is 0 Å². The van der Waals surface area contributed by atoms with Crippen molar-refractivity contribution in [1.82, 2.24) is 0 Å². The van der Waals surface area contributed by atoms with E-state index in [4.69, 9.17) is 4.74 Å². The third-order valence-corrected chi connectivity index (χ3v) is 6.75. The number of hydrogen-bond acceptors (Lipinski definition) is 4. The van der Waals surface area contributed by atoms with Gasteiger partial charge in [-0.05, 0) is 57.2 Å². The van der Waals surface area contributed by atoms with Crippen LogP contribution >= 0.6 is 0 Å². The zero-order valence-corrected chi connectivity index (χ0v) is 17.3. The molecule has 0 spiro atoms. The van der Waals surface area contributed by atoms with Gasteiger partial charge in [-0.3, -0.25) is 4.79 Å². The summed E-state index contributed by atoms with van der Waals surface area (Å²) in [7, 11) is -2.95. The number of hydrogen-bond donors (Lipinski definition) is 0. The molecule has 0 atom stereocenters. The Morgan fingerprint density at radius 1 is 1.08 bits per heavy atom. The lowest BCUT2D eigenvalue weighted by Crippen LogP contribution is -2.17. The zero-order chi connectivity index (χ0) is 19.4. The van der Waals surface area contributed by atoms with Gasteiger partial charge in [0.15, 0.2) is 9.84 Å². The van der Waals surface area contributed by atoms with E-state index in [1.165, 1.54) is 0 Å². The molecule has 0 heterocycles. The van der Waals surface area contributed by atoms with Crippen molar-refractivity contribution in [2.24, 2.45) is 0 Å². The van der Waals surface area contributed by atoms with Gasteiger partial charge in [-0.25, -0.2) is 8.42 Å². The fourth-order valence-corrected chi connectivity index (χ4v) is 3.65. The highest BCUT2D eigenvalue weighted by Crippen LogP contribution is 2.16. The van der Waals surface area contributed by atoms with Gasteiger partial charge in [0.05, 0.1) is 17.6 Å². The lowest BCUT2D eigenvalue weighted by Gasteiger charge is -2.08. The van der Waals surface area contributed by atoms with Crippen LogP contribution in [0.5, 0.6) is 5.75 Å². The Bertz CT molecular complexity index is 635. The van der Waals surface area contributed by atoms with Crippen LogP contribution in [-0.4, -0.2) is 31.8 Å². The number of sulfone groups is 1. The van der Waals surface area contributed by atoms with E-state index in [1.54, 1.807) is 13.8 Å². The Balaban J connectivity index is 2.23. The van der Waals surface area contributed by atoms with Crippen LogP contribution in [-0.2, 0) is 21.1 Å². The Morgan fingerprint density at radius 2 is 1.85 bits per heavy atom. The number of rotatable bonds is 14. The van der Waals surface area contributed by atoms with Crippen LogP contribution in [0.2, 0.25) is 0 Å². The standard InChI is InChI=1S/C21H34O4S/c1-4-5-15-25-21-12-9-10-19(17-21)13-14-20(22)11-7-6-8-16-26(23,24)18(2)3/h9-10,12,17-18H,4-8,11,13-16H2,1-3H3. The summed E-state index contributed by atoms with van der Waals surface area (Å²) >= 11 is 0. The monoisotopic (exact) mass is 382 g/mol. The maximum absolute atomic E-state index is 12.0. The fraction of sp³-hybridized carbons (Fsp3) is 0.667. The predicted octanol–water partition coefficient (Wildman–Crippen LogP) is 4.75. The van der Waals surface area contributed by atoms with Crippen molar-refractivity contribution in [2.45, 2.75) is 77.4 Å². The molecule has 0 radical (unpaired) electrons. The third-order valence-electron chi connectivity index (χ3n) is 4.46. The van der Waals surface area contributed by atoms with Crippen molar-refractivity contribution >= 4 is 15.6 Å². The first-order chi connectivity index (χ1) is 12.3. The Labute approximate surface area is 159 Å². The highest BCUT2D eigenvalue weighted by molar-refractivity contribution is 7.91. The number of benzene rings is 1. The molecule has 0 aliphatic heterocycles. The molecule has 1 aromatic rings. The van der Waals surface area contributed by atoms with Crippen molar-refractivity contribution in [2.75, 3.05) is 12.4 Å². The molecule has 0 fully saturated rings. The number of Topliss-reactive ketones (excluding diaryl/α,β-unsaturated/α-hetero) is 1. The minimum Gasteiger partial charge on any atom is -0.494 e. The second kappa shape index (κ2) is 12.1. The van der Waals surface area contributed by atoms with Gasteiger partial charge in [-0.2, -0.15) is 0 Å². The van der Waals surface area contributed by atoms with Crippen molar-refractivity contribution in [3.05, 3.63) is 29.8 Å². The molecule has 5 heteroatoms. The van der Waals surface area contributed by atoms with Crippen LogP contribution in [0, 0.1) is 0 Å². The molecule has 0 aliphatic carbocycles. The van der Waals surface area contributed by atoms with E-state index in [1.807, 2.05) is 24.3 Å². The minimum atomic E-state index is -2.95. The molecule has 0 amide bonds. The summed E-state index contributed by atoms with van der Waals surface area (Å²) in [6.45, 7) is 6.28. The molecule has 0 saturated heterocycles. The van der Waals surface area contributed by atoms with E-state index in [0.29, 0.717) is 19.3 Å². The van der Waals surface area contributed by atoms with E-state index in [9.17, 15) is 13.2 Å². The molecule has 0 aliphatic rings. The van der Waals surface area contributed by atoms with Gasteiger partial charge in [-0.15, -0.1) is 0 Å². The van der Waals surface area contributed by atoms with Gasteiger partial charge in [0.25, 0.3) is 0 Å². The average molecular weight is 383 g/mol. The SMILES string of the molecule is CCCCOc1cccc(CCC(=O)CCCCCS(=O)(=O)C(C)C)c1.